The summed E-state index contributed by atoms with van der Waals surface area (Å²) in [5, 5.41) is 8.71. The van der Waals surface area contributed by atoms with Crippen LogP contribution in [0, 0.1) is 6.92 Å². The zero-order valence-electron chi connectivity index (χ0n) is 14.7. The van der Waals surface area contributed by atoms with Crippen LogP contribution in [0.1, 0.15) is 11.3 Å². The highest BCUT2D eigenvalue weighted by molar-refractivity contribution is 7.13. The van der Waals surface area contributed by atoms with E-state index in [1.807, 2.05) is 48.7 Å². The van der Waals surface area contributed by atoms with Crippen LogP contribution in [0.2, 0.25) is 5.02 Å². The molecule has 0 fully saturated rings. The van der Waals surface area contributed by atoms with Crippen LogP contribution in [0.15, 0.2) is 53.9 Å². The predicted molar refractivity (Wildman–Crippen MR) is 109 cm³/mol. The molecule has 2 amide bonds. The molecule has 0 saturated heterocycles. The Morgan fingerprint density at radius 3 is 2.44 bits per heavy atom. The van der Waals surface area contributed by atoms with E-state index in [4.69, 9.17) is 11.6 Å². The topological polar surface area (TPSA) is 71.1 Å². The van der Waals surface area contributed by atoms with Crippen molar-refractivity contribution in [3.05, 3.63) is 70.2 Å². The number of halogens is 1. The van der Waals surface area contributed by atoms with Crippen molar-refractivity contribution in [2.75, 3.05) is 11.9 Å². The Hall–Kier alpha value is -2.70. The van der Waals surface area contributed by atoms with E-state index in [0.29, 0.717) is 23.7 Å². The maximum Gasteiger partial charge on any atom is 0.313 e. The van der Waals surface area contributed by atoms with Crippen LogP contribution in [0.25, 0.3) is 10.6 Å². The predicted octanol–water partition coefficient (Wildman–Crippen LogP) is 4.07. The van der Waals surface area contributed by atoms with Crippen LogP contribution < -0.4 is 10.6 Å². The molecule has 0 radical (unpaired) electrons. The average Bonchev–Trinajstić information content (AvgIpc) is 3.13. The van der Waals surface area contributed by atoms with Crippen molar-refractivity contribution in [1.82, 2.24) is 10.3 Å². The summed E-state index contributed by atoms with van der Waals surface area (Å²) in [5.74, 6) is -1.34. The van der Waals surface area contributed by atoms with Gasteiger partial charge in [0.05, 0.1) is 5.69 Å². The second-order valence-electron chi connectivity index (χ2n) is 5.98. The number of hydrogen-bond donors (Lipinski definition) is 2. The quantitative estimate of drug-likeness (QED) is 0.635. The number of rotatable bonds is 5. The van der Waals surface area contributed by atoms with Crippen molar-refractivity contribution in [1.29, 1.82) is 0 Å². The van der Waals surface area contributed by atoms with Crippen LogP contribution in [0.3, 0.4) is 0 Å². The van der Waals surface area contributed by atoms with Crippen molar-refractivity contribution < 1.29 is 9.59 Å². The first kappa shape index (κ1) is 19.1. The Morgan fingerprint density at radius 2 is 1.74 bits per heavy atom. The summed E-state index contributed by atoms with van der Waals surface area (Å²) in [6, 6.07) is 14.7. The van der Waals surface area contributed by atoms with Gasteiger partial charge in [0.1, 0.15) is 5.01 Å². The Kier molecular flexibility index (Phi) is 6.21. The van der Waals surface area contributed by atoms with E-state index >= 15 is 0 Å². The molecule has 3 aromatic rings. The number of hydrogen-bond acceptors (Lipinski definition) is 4. The number of carbonyl (C=O) groups is 2. The van der Waals surface area contributed by atoms with E-state index in [-0.39, 0.29) is 0 Å². The second kappa shape index (κ2) is 8.79. The van der Waals surface area contributed by atoms with Gasteiger partial charge in [-0.3, -0.25) is 9.59 Å². The van der Waals surface area contributed by atoms with Gasteiger partial charge in [0.25, 0.3) is 0 Å². The molecule has 0 unspecified atom stereocenters. The number of nitrogens with one attached hydrogen (secondary N) is 2. The Balaban J connectivity index is 1.48. The zero-order chi connectivity index (χ0) is 19.2. The summed E-state index contributed by atoms with van der Waals surface area (Å²) >= 11 is 7.43. The van der Waals surface area contributed by atoms with Gasteiger partial charge in [-0.2, -0.15) is 0 Å². The van der Waals surface area contributed by atoms with Gasteiger partial charge in [-0.05, 0) is 31.2 Å². The minimum atomic E-state index is -0.681. The first-order valence-corrected chi connectivity index (χ1v) is 9.63. The maximum absolute atomic E-state index is 11.9. The number of thiazole rings is 1. The third-order valence-corrected chi connectivity index (χ3v) is 5.02. The van der Waals surface area contributed by atoms with Crippen molar-refractivity contribution in [2.24, 2.45) is 0 Å². The summed E-state index contributed by atoms with van der Waals surface area (Å²) in [6.45, 7) is 2.29. The maximum atomic E-state index is 11.9. The van der Waals surface area contributed by atoms with Crippen LogP contribution in [-0.4, -0.2) is 23.3 Å². The van der Waals surface area contributed by atoms with Gasteiger partial charge in [-0.1, -0.05) is 41.4 Å². The van der Waals surface area contributed by atoms with Gasteiger partial charge in [0, 0.05) is 34.6 Å². The molecule has 2 N–H and O–H groups in total. The van der Waals surface area contributed by atoms with E-state index in [9.17, 15) is 9.59 Å². The molecule has 0 spiro atoms. The lowest BCUT2D eigenvalue weighted by Crippen LogP contribution is -2.36. The number of amides is 2. The fourth-order valence-electron chi connectivity index (χ4n) is 2.36. The molecule has 0 bridgehead atoms. The van der Waals surface area contributed by atoms with E-state index in [0.717, 1.165) is 21.8 Å². The molecule has 0 aliphatic heterocycles. The summed E-state index contributed by atoms with van der Waals surface area (Å²) in [7, 11) is 0. The summed E-state index contributed by atoms with van der Waals surface area (Å²) in [5.41, 5.74) is 3.54. The standard InChI is InChI=1S/C20H18ClN3O2S/c1-13-2-8-16(9-3-13)23-19(26)18(25)22-11-10-17-12-27-20(24-17)14-4-6-15(21)7-5-14/h2-9,12H,10-11H2,1H3,(H,22,25)(H,23,26). The van der Waals surface area contributed by atoms with Crippen molar-refractivity contribution in [3.8, 4) is 10.6 Å². The zero-order valence-corrected chi connectivity index (χ0v) is 16.2. The molecule has 3 rings (SSSR count). The number of carbonyl (C=O) groups excluding carboxylic acids is 2. The first-order valence-electron chi connectivity index (χ1n) is 8.37. The lowest BCUT2D eigenvalue weighted by molar-refractivity contribution is -0.136. The lowest BCUT2D eigenvalue weighted by Gasteiger charge is -2.06. The van der Waals surface area contributed by atoms with Gasteiger partial charge in [-0.15, -0.1) is 11.3 Å². The van der Waals surface area contributed by atoms with Gasteiger partial charge in [0.15, 0.2) is 0 Å². The molecule has 0 atom stereocenters. The molecule has 0 aliphatic rings. The largest absolute Gasteiger partial charge is 0.347 e. The number of nitrogens with zero attached hydrogens (tertiary/aromatic N) is 1. The number of aromatic nitrogens is 1. The normalized spacial score (nSPS) is 10.4. The smallest absolute Gasteiger partial charge is 0.313 e. The fraction of sp³-hybridized carbons (Fsp3) is 0.150. The summed E-state index contributed by atoms with van der Waals surface area (Å²) < 4.78 is 0. The van der Waals surface area contributed by atoms with Crippen molar-refractivity contribution in [2.45, 2.75) is 13.3 Å². The highest BCUT2D eigenvalue weighted by Crippen LogP contribution is 2.25. The monoisotopic (exact) mass is 399 g/mol. The third kappa shape index (κ3) is 5.39. The third-order valence-electron chi connectivity index (χ3n) is 3.83. The Morgan fingerprint density at radius 1 is 1.04 bits per heavy atom. The van der Waals surface area contributed by atoms with E-state index in [2.05, 4.69) is 15.6 Å². The molecule has 27 heavy (non-hydrogen) atoms. The lowest BCUT2D eigenvalue weighted by atomic mass is 10.2. The number of aryl methyl sites for hydroxylation is 1. The molecule has 138 valence electrons. The fourth-order valence-corrected chi connectivity index (χ4v) is 3.34. The minimum Gasteiger partial charge on any atom is -0.347 e. The van der Waals surface area contributed by atoms with Crippen molar-refractivity contribution in [3.63, 3.8) is 0 Å². The highest BCUT2D eigenvalue weighted by atomic mass is 35.5. The molecule has 0 saturated carbocycles. The highest BCUT2D eigenvalue weighted by Gasteiger charge is 2.13. The molecular weight excluding hydrogens is 382 g/mol. The molecule has 1 heterocycles. The summed E-state index contributed by atoms with van der Waals surface area (Å²) in [4.78, 5) is 28.4. The number of anilines is 1. The molecular formula is C20H18ClN3O2S. The van der Waals surface area contributed by atoms with E-state index < -0.39 is 11.8 Å². The van der Waals surface area contributed by atoms with Gasteiger partial charge >= 0.3 is 11.8 Å². The molecule has 0 aliphatic carbocycles. The minimum absolute atomic E-state index is 0.337. The van der Waals surface area contributed by atoms with E-state index in [1.54, 1.807) is 12.1 Å². The van der Waals surface area contributed by atoms with Crippen molar-refractivity contribution >= 4 is 40.4 Å². The van der Waals surface area contributed by atoms with E-state index in [1.165, 1.54) is 11.3 Å². The molecule has 1 aromatic heterocycles. The molecule has 5 nitrogen and oxygen atoms in total. The van der Waals surface area contributed by atoms with Crippen LogP contribution >= 0.6 is 22.9 Å². The van der Waals surface area contributed by atoms with Crippen LogP contribution in [-0.2, 0) is 16.0 Å². The summed E-state index contributed by atoms with van der Waals surface area (Å²) in [6.07, 6.45) is 0.549. The van der Waals surface area contributed by atoms with Gasteiger partial charge in [-0.25, -0.2) is 4.98 Å². The average molecular weight is 400 g/mol. The van der Waals surface area contributed by atoms with Gasteiger partial charge in [0.2, 0.25) is 0 Å². The SMILES string of the molecule is Cc1ccc(NC(=O)C(=O)NCCc2csc(-c3ccc(Cl)cc3)n2)cc1. The molecule has 2 aromatic carbocycles. The van der Waals surface area contributed by atoms with Crippen LogP contribution in [0.5, 0.6) is 0 Å². The second-order valence-corrected chi connectivity index (χ2v) is 7.27. The Bertz CT molecular complexity index is 937. The molecule has 7 heteroatoms. The first-order chi connectivity index (χ1) is 13.0. The van der Waals surface area contributed by atoms with Crippen LogP contribution in [0.4, 0.5) is 5.69 Å². The van der Waals surface area contributed by atoms with Gasteiger partial charge < -0.3 is 10.6 Å². The Labute approximate surface area is 166 Å². The number of benzene rings is 2.